The zero-order valence-corrected chi connectivity index (χ0v) is 16.5. The molecule has 2 unspecified atom stereocenters. The van der Waals surface area contributed by atoms with Gasteiger partial charge >= 0.3 is 0 Å². The minimum absolute atomic E-state index is 0.807. The first-order valence-electron chi connectivity index (χ1n) is 10.4. The van der Waals surface area contributed by atoms with Crippen LogP contribution in [0.25, 0.3) is 22.4 Å². The lowest BCUT2D eigenvalue weighted by atomic mass is 9.89. The fourth-order valence-corrected chi connectivity index (χ4v) is 6.10. The minimum atomic E-state index is 0.807. The average molecular weight is 353 g/mol. The molecular weight excluding hydrogens is 326 g/mol. The van der Waals surface area contributed by atoms with Gasteiger partial charge in [0.2, 0.25) is 5.69 Å². The second-order valence-corrected chi connectivity index (χ2v) is 8.95. The van der Waals surface area contributed by atoms with Gasteiger partial charge in [-0.1, -0.05) is 30.3 Å². The maximum absolute atomic E-state index is 2.54. The average Bonchev–Trinajstić information content (AvgIpc) is 3.35. The van der Waals surface area contributed by atoms with Gasteiger partial charge in [0, 0.05) is 11.6 Å². The molecule has 1 heteroatoms. The van der Waals surface area contributed by atoms with Gasteiger partial charge < -0.3 is 0 Å². The van der Waals surface area contributed by atoms with E-state index in [1.807, 2.05) is 0 Å². The Morgan fingerprint density at radius 3 is 2.48 bits per heavy atom. The third-order valence-corrected chi connectivity index (χ3v) is 7.48. The largest absolute Gasteiger partial charge is 0.213 e. The van der Waals surface area contributed by atoms with Crippen molar-refractivity contribution >= 4 is 0 Å². The van der Waals surface area contributed by atoms with E-state index >= 15 is 0 Å². The molecule has 3 aliphatic carbocycles. The lowest BCUT2D eigenvalue weighted by molar-refractivity contribution is -0.660. The number of aromatic nitrogens is 1. The molecule has 2 bridgehead atoms. The summed E-state index contributed by atoms with van der Waals surface area (Å²) in [5.74, 6) is 1.63. The molecule has 1 aromatic heterocycles. The van der Waals surface area contributed by atoms with Gasteiger partial charge in [0.25, 0.3) is 0 Å². The van der Waals surface area contributed by atoms with Crippen molar-refractivity contribution < 1.29 is 4.57 Å². The summed E-state index contributed by atoms with van der Waals surface area (Å²) in [5, 5.41) is 0. The molecule has 0 N–H and O–H groups in total. The highest BCUT2D eigenvalue weighted by atomic mass is 14.9. The molecule has 0 aliphatic heterocycles. The summed E-state index contributed by atoms with van der Waals surface area (Å²) in [4.78, 5) is 0. The van der Waals surface area contributed by atoms with Crippen LogP contribution in [0, 0.1) is 13.8 Å². The standard InChI is InChI=1S/C26H26N/c1-15-5-4-6-19-20-10-7-16(2)26(23(20)12-21(15)19)25-13-22-17-8-9-18(11-17)24(22)14-27(25)3/h4-7,10,13-14,17-18H,8-9,11-12H2,1-3H3/q+1. The third-order valence-electron chi connectivity index (χ3n) is 7.48. The van der Waals surface area contributed by atoms with Gasteiger partial charge in [-0.15, -0.1) is 0 Å². The molecule has 2 aromatic carbocycles. The summed E-state index contributed by atoms with van der Waals surface area (Å²) in [7, 11) is 2.24. The van der Waals surface area contributed by atoms with E-state index in [-0.39, 0.29) is 0 Å². The Balaban J connectivity index is 1.59. The van der Waals surface area contributed by atoms with E-state index in [4.69, 9.17) is 0 Å². The zero-order valence-electron chi connectivity index (χ0n) is 16.5. The van der Waals surface area contributed by atoms with Crippen LogP contribution in [0.4, 0.5) is 0 Å². The van der Waals surface area contributed by atoms with Gasteiger partial charge in [-0.3, -0.25) is 0 Å². The van der Waals surface area contributed by atoms with Crippen molar-refractivity contribution in [3.05, 3.63) is 76.0 Å². The Bertz CT molecular complexity index is 1120. The van der Waals surface area contributed by atoms with Crippen molar-refractivity contribution in [2.45, 2.75) is 51.4 Å². The van der Waals surface area contributed by atoms with Crippen LogP contribution in [-0.2, 0) is 13.5 Å². The number of benzene rings is 2. The quantitative estimate of drug-likeness (QED) is 0.385. The monoisotopic (exact) mass is 352 g/mol. The Kier molecular flexibility index (Phi) is 3.08. The summed E-state index contributed by atoms with van der Waals surface area (Å²) >= 11 is 0. The second-order valence-electron chi connectivity index (χ2n) is 8.95. The van der Waals surface area contributed by atoms with E-state index in [1.54, 1.807) is 11.1 Å². The van der Waals surface area contributed by atoms with Crippen molar-refractivity contribution in [1.82, 2.24) is 0 Å². The Hall–Kier alpha value is -2.41. The van der Waals surface area contributed by atoms with Crippen molar-refractivity contribution in [3.8, 4) is 22.4 Å². The molecule has 3 aliphatic rings. The van der Waals surface area contributed by atoms with E-state index in [0.29, 0.717) is 0 Å². The summed E-state index contributed by atoms with van der Waals surface area (Å²) in [6.07, 6.45) is 7.68. The number of hydrogen-bond acceptors (Lipinski definition) is 0. The zero-order chi connectivity index (χ0) is 18.3. The van der Waals surface area contributed by atoms with E-state index in [9.17, 15) is 0 Å². The van der Waals surface area contributed by atoms with E-state index in [0.717, 1.165) is 18.3 Å². The number of rotatable bonds is 1. The number of pyridine rings is 1. The predicted octanol–water partition coefficient (Wildman–Crippen LogP) is 5.73. The maximum Gasteiger partial charge on any atom is 0.213 e. The summed E-state index contributed by atoms with van der Waals surface area (Å²) in [6, 6.07) is 14.0. The highest BCUT2D eigenvalue weighted by Gasteiger charge is 2.40. The molecule has 1 heterocycles. The lowest BCUT2D eigenvalue weighted by Gasteiger charge is -2.16. The summed E-state index contributed by atoms with van der Waals surface area (Å²) in [6.45, 7) is 4.54. The van der Waals surface area contributed by atoms with Crippen LogP contribution >= 0.6 is 0 Å². The number of aryl methyl sites for hydroxylation is 3. The molecule has 1 nitrogen and oxygen atoms in total. The normalized spacial score (nSPS) is 21.3. The minimum Gasteiger partial charge on any atom is -0.201 e. The van der Waals surface area contributed by atoms with Gasteiger partial charge in [0.15, 0.2) is 6.20 Å². The van der Waals surface area contributed by atoms with Crippen LogP contribution in [0.15, 0.2) is 42.6 Å². The molecule has 27 heavy (non-hydrogen) atoms. The van der Waals surface area contributed by atoms with Crippen molar-refractivity contribution in [2.24, 2.45) is 7.05 Å². The first-order valence-corrected chi connectivity index (χ1v) is 10.4. The van der Waals surface area contributed by atoms with Crippen LogP contribution in [0.2, 0.25) is 0 Å². The Morgan fingerprint density at radius 1 is 0.852 bits per heavy atom. The lowest BCUT2D eigenvalue weighted by Crippen LogP contribution is -2.32. The molecule has 134 valence electrons. The maximum atomic E-state index is 2.54. The van der Waals surface area contributed by atoms with Crippen LogP contribution in [-0.4, -0.2) is 0 Å². The fourth-order valence-electron chi connectivity index (χ4n) is 6.10. The Labute approximate surface area is 161 Å². The Morgan fingerprint density at radius 2 is 1.63 bits per heavy atom. The smallest absolute Gasteiger partial charge is 0.201 e. The molecule has 0 spiro atoms. The van der Waals surface area contributed by atoms with E-state index in [1.165, 1.54) is 63.9 Å². The molecule has 0 saturated heterocycles. The highest BCUT2D eigenvalue weighted by molar-refractivity contribution is 5.85. The molecule has 2 atom stereocenters. The topological polar surface area (TPSA) is 3.88 Å². The first kappa shape index (κ1) is 15.6. The van der Waals surface area contributed by atoms with Gasteiger partial charge in [-0.05, 0) is 90.3 Å². The number of hydrogen-bond donors (Lipinski definition) is 0. The van der Waals surface area contributed by atoms with Crippen LogP contribution in [0.5, 0.6) is 0 Å². The van der Waals surface area contributed by atoms with Crippen molar-refractivity contribution in [3.63, 3.8) is 0 Å². The van der Waals surface area contributed by atoms with Crippen LogP contribution in [0.3, 0.4) is 0 Å². The van der Waals surface area contributed by atoms with Gasteiger partial charge in [0.05, 0.1) is 5.56 Å². The molecule has 6 rings (SSSR count). The van der Waals surface area contributed by atoms with Crippen LogP contribution < -0.4 is 4.57 Å². The third kappa shape index (κ3) is 2.03. The number of nitrogens with zero attached hydrogens (tertiary/aromatic N) is 1. The predicted molar refractivity (Wildman–Crippen MR) is 110 cm³/mol. The fraction of sp³-hybridized carbons (Fsp3) is 0.346. The van der Waals surface area contributed by atoms with Gasteiger partial charge in [0.1, 0.15) is 7.05 Å². The van der Waals surface area contributed by atoms with E-state index in [2.05, 4.69) is 68.1 Å². The molecule has 0 amide bonds. The number of fused-ring (bicyclic) bond motifs is 8. The van der Waals surface area contributed by atoms with Crippen molar-refractivity contribution in [1.29, 1.82) is 0 Å². The van der Waals surface area contributed by atoms with Gasteiger partial charge in [-0.2, -0.15) is 0 Å². The molecular formula is C26H26N+. The summed E-state index contributed by atoms with van der Waals surface area (Å²) < 4.78 is 2.40. The van der Waals surface area contributed by atoms with Crippen LogP contribution in [0.1, 0.15) is 64.5 Å². The second kappa shape index (κ2) is 5.32. The summed E-state index contributed by atoms with van der Waals surface area (Å²) in [5.41, 5.74) is 14.9. The highest BCUT2D eigenvalue weighted by Crippen LogP contribution is 2.53. The molecule has 1 saturated carbocycles. The molecule has 3 aromatic rings. The van der Waals surface area contributed by atoms with E-state index < -0.39 is 0 Å². The van der Waals surface area contributed by atoms with Gasteiger partial charge in [-0.25, -0.2) is 4.57 Å². The molecule has 1 fully saturated rings. The molecule has 0 radical (unpaired) electrons. The SMILES string of the molecule is Cc1cccc2c1Cc1c-2ccc(C)c1-c1cc2c(c[n+]1C)C1CCC2C1. The van der Waals surface area contributed by atoms with Crippen molar-refractivity contribution in [2.75, 3.05) is 0 Å². The first-order chi connectivity index (χ1) is 13.1.